The van der Waals surface area contributed by atoms with Crippen LogP contribution in [0.1, 0.15) is 6.92 Å². The van der Waals surface area contributed by atoms with E-state index in [2.05, 4.69) is 12.6 Å². The van der Waals surface area contributed by atoms with Crippen LogP contribution in [-0.2, 0) is 0 Å². The van der Waals surface area contributed by atoms with Gasteiger partial charge >= 0.3 is 0 Å². The predicted octanol–water partition coefficient (Wildman–Crippen LogP) is 2.71. The molecule has 1 aliphatic rings. The Labute approximate surface area is 70.2 Å². The highest BCUT2D eigenvalue weighted by molar-refractivity contribution is 7.81. The van der Waals surface area contributed by atoms with Crippen LogP contribution in [-0.4, -0.2) is 10.1 Å². The standard InChI is InChI=1S/C7H8ClFS/c1-7(8)4-5(9)2-3-6(7)10/h2-4,6,10H,1H3. The minimum Gasteiger partial charge on any atom is -0.207 e. The van der Waals surface area contributed by atoms with E-state index in [0.29, 0.717) is 0 Å². The highest BCUT2D eigenvalue weighted by atomic mass is 35.5. The molecule has 0 bridgehead atoms. The zero-order valence-corrected chi connectivity index (χ0v) is 7.16. The molecule has 56 valence electrons. The average molecular weight is 179 g/mol. The molecule has 1 rings (SSSR count). The Bertz CT molecular complexity index is 196. The molecule has 0 saturated heterocycles. The third-order valence-corrected chi connectivity index (χ3v) is 2.64. The molecular weight excluding hydrogens is 171 g/mol. The average Bonchev–Trinajstić information content (AvgIpc) is 1.78. The lowest BCUT2D eigenvalue weighted by atomic mass is 10.0. The normalized spacial score (nSPS) is 39.6. The van der Waals surface area contributed by atoms with Crippen molar-refractivity contribution in [1.82, 2.24) is 0 Å². The smallest absolute Gasteiger partial charge is 0.120 e. The van der Waals surface area contributed by atoms with Gasteiger partial charge in [0.05, 0.1) is 4.87 Å². The number of alkyl halides is 1. The molecule has 2 unspecified atom stereocenters. The van der Waals surface area contributed by atoms with E-state index >= 15 is 0 Å². The van der Waals surface area contributed by atoms with Crippen molar-refractivity contribution in [2.45, 2.75) is 17.0 Å². The van der Waals surface area contributed by atoms with Crippen molar-refractivity contribution in [3.63, 3.8) is 0 Å². The third-order valence-electron chi connectivity index (χ3n) is 1.44. The van der Waals surface area contributed by atoms with Gasteiger partial charge in [0, 0.05) is 5.25 Å². The van der Waals surface area contributed by atoms with Crippen LogP contribution in [0.15, 0.2) is 24.1 Å². The first-order chi connectivity index (χ1) is 4.52. The molecule has 0 amide bonds. The van der Waals surface area contributed by atoms with Crippen LogP contribution in [0, 0.1) is 0 Å². The largest absolute Gasteiger partial charge is 0.207 e. The van der Waals surface area contributed by atoms with Crippen molar-refractivity contribution in [2.75, 3.05) is 0 Å². The summed E-state index contributed by atoms with van der Waals surface area (Å²) in [7, 11) is 0. The van der Waals surface area contributed by atoms with Gasteiger partial charge in [-0.1, -0.05) is 6.08 Å². The van der Waals surface area contributed by atoms with E-state index < -0.39 is 4.87 Å². The summed E-state index contributed by atoms with van der Waals surface area (Å²) < 4.78 is 12.5. The molecule has 0 saturated carbocycles. The van der Waals surface area contributed by atoms with Gasteiger partial charge in [0.2, 0.25) is 0 Å². The van der Waals surface area contributed by atoms with Crippen molar-refractivity contribution in [3.05, 3.63) is 24.1 Å². The summed E-state index contributed by atoms with van der Waals surface area (Å²) in [6.07, 6.45) is 4.39. The molecule has 1 aliphatic carbocycles. The minimum absolute atomic E-state index is 0.103. The van der Waals surface area contributed by atoms with E-state index in [9.17, 15) is 4.39 Å². The molecule has 10 heavy (non-hydrogen) atoms. The van der Waals surface area contributed by atoms with E-state index in [1.54, 1.807) is 13.0 Å². The van der Waals surface area contributed by atoms with Crippen molar-refractivity contribution < 1.29 is 4.39 Å². The molecule has 0 nitrogen and oxygen atoms in total. The Kier molecular flexibility index (Phi) is 2.11. The number of halogens is 2. The topological polar surface area (TPSA) is 0 Å². The second kappa shape index (κ2) is 2.59. The fourth-order valence-corrected chi connectivity index (χ4v) is 1.11. The van der Waals surface area contributed by atoms with Crippen LogP contribution in [0.4, 0.5) is 4.39 Å². The number of allylic oxidation sites excluding steroid dienone is 3. The van der Waals surface area contributed by atoms with Crippen LogP contribution >= 0.6 is 24.2 Å². The first kappa shape index (κ1) is 8.15. The Morgan fingerprint density at radius 3 is 2.80 bits per heavy atom. The molecule has 0 N–H and O–H groups in total. The first-order valence-electron chi connectivity index (χ1n) is 2.96. The fraction of sp³-hybridized carbons (Fsp3) is 0.429. The van der Waals surface area contributed by atoms with Crippen LogP contribution in [0.3, 0.4) is 0 Å². The second-order valence-electron chi connectivity index (χ2n) is 2.48. The molecule has 0 radical (unpaired) electrons. The summed E-state index contributed by atoms with van der Waals surface area (Å²) in [6.45, 7) is 1.73. The zero-order chi connectivity index (χ0) is 7.78. The van der Waals surface area contributed by atoms with E-state index in [1.165, 1.54) is 12.2 Å². The first-order valence-corrected chi connectivity index (χ1v) is 3.85. The maximum absolute atomic E-state index is 12.5. The summed E-state index contributed by atoms with van der Waals surface area (Å²) in [5.41, 5.74) is 0. The molecule has 0 aromatic rings. The third kappa shape index (κ3) is 1.55. The van der Waals surface area contributed by atoms with E-state index in [4.69, 9.17) is 11.6 Å². The lowest BCUT2D eigenvalue weighted by molar-refractivity contribution is 0.633. The van der Waals surface area contributed by atoms with Gasteiger partial charge in [-0.25, -0.2) is 4.39 Å². The number of thiol groups is 1. The molecule has 2 atom stereocenters. The molecular formula is C7H8ClFS. The quantitative estimate of drug-likeness (QED) is 0.428. The van der Waals surface area contributed by atoms with Crippen molar-refractivity contribution in [3.8, 4) is 0 Å². The monoisotopic (exact) mass is 178 g/mol. The van der Waals surface area contributed by atoms with Crippen molar-refractivity contribution in [2.24, 2.45) is 0 Å². The summed E-state index contributed by atoms with van der Waals surface area (Å²) in [5, 5.41) is -0.103. The molecule has 0 aromatic carbocycles. The highest BCUT2D eigenvalue weighted by Gasteiger charge is 2.28. The van der Waals surface area contributed by atoms with Crippen LogP contribution in [0.5, 0.6) is 0 Å². The van der Waals surface area contributed by atoms with E-state index in [-0.39, 0.29) is 11.1 Å². The van der Waals surface area contributed by atoms with Crippen LogP contribution < -0.4 is 0 Å². The maximum atomic E-state index is 12.5. The highest BCUT2D eigenvalue weighted by Crippen LogP contribution is 2.31. The maximum Gasteiger partial charge on any atom is 0.120 e. The Morgan fingerprint density at radius 2 is 2.40 bits per heavy atom. The van der Waals surface area contributed by atoms with Gasteiger partial charge in [-0.3, -0.25) is 0 Å². The van der Waals surface area contributed by atoms with Crippen LogP contribution in [0.2, 0.25) is 0 Å². The Balaban J connectivity index is 2.88. The number of hydrogen-bond acceptors (Lipinski definition) is 1. The molecule has 0 aliphatic heterocycles. The van der Waals surface area contributed by atoms with Gasteiger partial charge in [-0.15, -0.1) is 11.6 Å². The molecule has 0 aromatic heterocycles. The number of hydrogen-bond donors (Lipinski definition) is 1. The zero-order valence-electron chi connectivity index (χ0n) is 5.51. The molecule has 0 fully saturated rings. The lowest BCUT2D eigenvalue weighted by Gasteiger charge is -2.24. The van der Waals surface area contributed by atoms with E-state index in [0.717, 1.165) is 0 Å². The summed E-state index contributed by atoms with van der Waals surface area (Å²) in [6, 6.07) is 0. The second-order valence-corrected chi connectivity index (χ2v) is 3.86. The summed E-state index contributed by atoms with van der Waals surface area (Å²) in [4.78, 5) is -0.679. The van der Waals surface area contributed by atoms with Crippen LogP contribution in [0.25, 0.3) is 0 Å². The minimum atomic E-state index is -0.679. The lowest BCUT2D eigenvalue weighted by Crippen LogP contribution is -2.27. The van der Waals surface area contributed by atoms with Gasteiger partial charge in [-0.2, -0.15) is 12.6 Å². The van der Waals surface area contributed by atoms with Gasteiger partial charge < -0.3 is 0 Å². The molecule has 0 spiro atoms. The van der Waals surface area contributed by atoms with Crippen molar-refractivity contribution >= 4 is 24.2 Å². The Hall–Kier alpha value is 0.0500. The SMILES string of the molecule is CC1(Cl)C=C(F)C=CC1S. The number of rotatable bonds is 0. The fourth-order valence-electron chi connectivity index (χ4n) is 0.774. The molecule has 3 heteroatoms. The molecule has 0 heterocycles. The van der Waals surface area contributed by atoms with Gasteiger partial charge in [0.25, 0.3) is 0 Å². The Morgan fingerprint density at radius 1 is 1.80 bits per heavy atom. The summed E-state index contributed by atoms with van der Waals surface area (Å²) in [5.74, 6) is -0.289. The predicted molar refractivity (Wildman–Crippen MR) is 45.4 cm³/mol. The van der Waals surface area contributed by atoms with E-state index in [1.807, 2.05) is 0 Å². The van der Waals surface area contributed by atoms with Gasteiger partial charge in [-0.05, 0) is 19.1 Å². The van der Waals surface area contributed by atoms with Crippen molar-refractivity contribution in [1.29, 1.82) is 0 Å². The van der Waals surface area contributed by atoms with Gasteiger partial charge in [0.1, 0.15) is 5.83 Å². The summed E-state index contributed by atoms with van der Waals surface area (Å²) >= 11 is 10.0. The van der Waals surface area contributed by atoms with Gasteiger partial charge in [0.15, 0.2) is 0 Å².